The number of aromatic nitrogens is 3. The Bertz CT molecular complexity index is 526. The van der Waals surface area contributed by atoms with E-state index >= 15 is 0 Å². The van der Waals surface area contributed by atoms with Crippen molar-refractivity contribution in [1.29, 1.82) is 0 Å². The lowest BCUT2D eigenvalue weighted by Crippen LogP contribution is -2.18. The molecular weight excluding hydrogens is 232 g/mol. The number of carbonyl (C=O) groups excluding carboxylic acids is 1. The fourth-order valence-electron chi connectivity index (χ4n) is 1.31. The predicted octanol–water partition coefficient (Wildman–Crippen LogP) is 2.01. The topological polar surface area (TPSA) is 80.9 Å². The molecule has 0 unspecified atom stereocenters. The molecule has 94 valence electrons. The highest BCUT2D eigenvalue weighted by Gasteiger charge is 2.17. The third-order valence-corrected chi connectivity index (χ3v) is 2.35. The van der Waals surface area contributed by atoms with Gasteiger partial charge in [-0.1, -0.05) is 25.9 Å². The van der Waals surface area contributed by atoms with Crippen LogP contribution in [0.25, 0.3) is 0 Å². The molecule has 0 aliphatic heterocycles. The van der Waals surface area contributed by atoms with Crippen LogP contribution in [0, 0.1) is 0 Å². The number of anilines is 1. The lowest BCUT2D eigenvalue weighted by molar-refractivity contribution is 0.102. The van der Waals surface area contributed by atoms with E-state index in [-0.39, 0.29) is 17.0 Å². The zero-order valence-corrected chi connectivity index (χ0v) is 10.5. The van der Waals surface area contributed by atoms with Crippen LogP contribution in [0.5, 0.6) is 0 Å². The fourth-order valence-corrected chi connectivity index (χ4v) is 1.31. The Hall–Kier alpha value is -2.24. The monoisotopic (exact) mass is 246 g/mol. The molecule has 0 spiro atoms. The molecule has 0 aliphatic rings. The quantitative estimate of drug-likeness (QED) is 0.876. The summed E-state index contributed by atoms with van der Waals surface area (Å²) >= 11 is 0. The first-order valence-electron chi connectivity index (χ1n) is 5.53. The van der Waals surface area contributed by atoms with Crippen LogP contribution in [0.4, 0.5) is 5.82 Å². The minimum absolute atomic E-state index is 0.0892. The summed E-state index contributed by atoms with van der Waals surface area (Å²) in [7, 11) is 0. The summed E-state index contributed by atoms with van der Waals surface area (Å²) in [5.74, 6) is -0.0152. The van der Waals surface area contributed by atoms with Crippen molar-refractivity contribution in [2.75, 3.05) is 5.32 Å². The highest BCUT2D eigenvalue weighted by atomic mass is 16.5. The molecular formula is C12H14N4O2. The molecule has 0 fully saturated rings. The van der Waals surface area contributed by atoms with Gasteiger partial charge in [0.15, 0.2) is 11.5 Å². The number of rotatable bonds is 2. The molecule has 1 N–H and O–H groups in total. The van der Waals surface area contributed by atoms with Crippen LogP contribution < -0.4 is 5.32 Å². The second kappa shape index (κ2) is 4.56. The van der Waals surface area contributed by atoms with Gasteiger partial charge in [-0.25, -0.2) is 0 Å². The van der Waals surface area contributed by atoms with E-state index in [1.807, 2.05) is 20.8 Å². The third-order valence-electron chi connectivity index (χ3n) is 2.35. The van der Waals surface area contributed by atoms with E-state index in [0.29, 0.717) is 5.82 Å². The molecule has 0 saturated heterocycles. The van der Waals surface area contributed by atoms with Crippen molar-refractivity contribution >= 4 is 11.7 Å². The van der Waals surface area contributed by atoms with Crippen molar-refractivity contribution in [2.24, 2.45) is 0 Å². The Morgan fingerprint density at radius 3 is 2.50 bits per heavy atom. The predicted molar refractivity (Wildman–Crippen MR) is 65.2 cm³/mol. The standard InChI is InChI=1S/C12H14N4O2/c1-12(2,3)9-5-4-8(14-15-9)11(17)13-10-6-7-18-16-10/h4-7H,1-3H3,(H,13,16,17). The van der Waals surface area contributed by atoms with Gasteiger partial charge in [0.25, 0.3) is 5.91 Å². The van der Waals surface area contributed by atoms with Crippen LogP contribution >= 0.6 is 0 Å². The summed E-state index contributed by atoms with van der Waals surface area (Å²) in [6.07, 6.45) is 1.38. The van der Waals surface area contributed by atoms with Crippen molar-refractivity contribution < 1.29 is 9.32 Å². The number of nitrogens with zero attached hydrogens (tertiary/aromatic N) is 3. The molecule has 0 aromatic carbocycles. The molecule has 2 aromatic heterocycles. The summed E-state index contributed by atoms with van der Waals surface area (Å²) in [6.45, 7) is 6.10. The van der Waals surface area contributed by atoms with Crippen molar-refractivity contribution in [1.82, 2.24) is 15.4 Å². The molecule has 0 bridgehead atoms. The van der Waals surface area contributed by atoms with Crippen LogP contribution in [0.2, 0.25) is 0 Å². The van der Waals surface area contributed by atoms with Crippen molar-refractivity contribution in [3.05, 3.63) is 35.9 Å². The number of hydrogen-bond donors (Lipinski definition) is 1. The maximum atomic E-state index is 11.8. The SMILES string of the molecule is CC(C)(C)c1ccc(C(=O)Nc2ccon2)nn1. The smallest absolute Gasteiger partial charge is 0.277 e. The van der Waals surface area contributed by atoms with Gasteiger partial charge in [0.05, 0.1) is 5.69 Å². The molecule has 0 aliphatic carbocycles. The molecule has 2 rings (SSSR count). The summed E-state index contributed by atoms with van der Waals surface area (Å²) in [5, 5.41) is 14.1. The minimum Gasteiger partial charge on any atom is -0.363 e. The third kappa shape index (κ3) is 2.71. The summed E-state index contributed by atoms with van der Waals surface area (Å²) < 4.78 is 4.61. The Morgan fingerprint density at radius 2 is 2.00 bits per heavy atom. The molecule has 6 nitrogen and oxygen atoms in total. The first kappa shape index (κ1) is 12.2. The van der Waals surface area contributed by atoms with Gasteiger partial charge in [0.1, 0.15) is 6.26 Å². The van der Waals surface area contributed by atoms with Gasteiger partial charge in [-0.05, 0) is 12.1 Å². The van der Waals surface area contributed by atoms with Gasteiger partial charge in [0.2, 0.25) is 0 Å². The first-order chi connectivity index (χ1) is 8.47. The summed E-state index contributed by atoms with van der Waals surface area (Å²) in [6, 6.07) is 4.99. The van der Waals surface area contributed by atoms with Crippen LogP contribution in [0.1, 0.15) is 37.0 Å². The van der Waals surface area contributed by atoms with E-state index in [2.05, 4.69) is 25.2 Å². The Morgan fingerprint density at radius 1 is 1.22 bits per heavy atom. The maximum Gasteiger partial charge on any atom is 0.277 e. The Kier molecular flexibility index (Phi) is 3.10. The van der Waals surface area contributed by atoms with E-state index in [1.54, 1.807) is 18.2 Å². The van der Waals surface area contributed by atoms with Gasteiger partial charge in [-0.15, -0.1) is 5.10 Å². The van der Waals surface area contributed by atoms with E-state index in [4.69, 9.17) is 0 Å². The second-order valence-electron chi connectivity index (χ2n) is 4.89. The Balaban J connectivity index is 2.12. The molecule has 2 aromatic rings. The van der Waals surface area contributed by atoms with E-state index in [1.165, 1.54) is 6.26 Å². The molecule has 1 amide bonds. The van der Waals surface area contributed by atoms with Gasteiger partial charge in [-0.2, -0.15) is 5.10 Å². The highest BCUT2D eigenvalue weighted by Crippen LogP contribution is 2.18. The van der Waals surface area contributed by atoms with Crippen molar-refractivity contribution in [3.63, 3.8) is 0 Å². The van der Waals surface area contributed by atoms with Gasteiger partial charge < -0.3 is 9.84 Å². The fraction of sp³-hybridized carbons (Fsp3) is 0.333. The van der Waals surface area contributed by atoms with Crippen LogP contribution in [0.15, 0.2) is 29.0 Å². The first-order valence-corrected chi connectivity index (χ1v) is 5.53. The van der Waals surface area contributed by atoms with E-state index in [9.17, 15) is 4.79 Å². The molecule has 0 atom stereocenters. The van der Waals surface area contributed by atoms with E-state index < -0.39 is 0 Å². The number of amides is 1. The summed E-state index contributed by atoms with van der Waals surface area (Å²) in [4.78, 5) is 11.8. The van der Waals surface area contributed by atoms with Crippen molar-refractivity contribution in [3.8, 4) is 0 Å². The number of nitrogens with one attached hydrogen (secondary N) is 1. The zero-order valence-electron chi connectivity index (χ0n) is 10.5. The largest absolute Gasteiger partial charge is 0.363 e. The minimum atomic E-state index is -0.364. The number of hydrogen-bond acceptors (Lipinski definition) is 5. The maximum absolute atomic E-state index is 11.8. The molecule has 0 radical (unpaired) electrons. The summed E-state index contributed by atoms with van der Waals surface area (Å²) in [5.41, 5.74) is 0.986. The van der Waals surface area contributed by atoms with Crippen LogP contribution in [0.3, 0.4) is 0 Å². The van der Waals surface area contributed by atoms with Crippen LogP contribution in [-0.2, 0) is 5.41 Å². The highest BCUT2D eigenvalue weighted by molar-refractivity contribution is 6.02. The Labute approximate surface area is 104 Å². The van der Waals surface area contributed by atoms with Crippen LogP contribution in [-0.4, -0.2) is 21.3 Å². The normalized spacial score (nSPS) is 11.3. The zero-order chi connectivity index (χ0) is 13.2. The lowest BCUT2D eigenvalue weighted by Gasteiger charge is -2.16. The average molecular weight is 246 g/mol. The average Bonchev–Trinajstić information content (AvgIpc) is 2.81. The van der Waals surface area contributed by atoms with Gasteiger partial charge >= 0.3 is 0 Å². The molecule has 0 saturated carbocycles. The van der Waals surface area contributed by atoms with Crippen molar-refractivity contribution in [2.45, 2.75) is 26.2 Å². The van der Waals surface area contributed by atoms with Gasteiger partial charge in [-0.3, -0.25) is 4.79 Å². The van der Waals surface area contributed by atoms with Gasteiger partial charge in [0, 0.05) is 11.5 Å². The molecule has 6 heteroatoms. The molecule has 18 heavy (non-hydrogen) atoms. The lowest BCUT2D eigenvalue weighted by atomic mass is 9.92. The second-order valence-corrected chi connectivity index (χ2v) is 4.89. The number of carbonyl (C=O) groups is 1. The molecule has 2 heterocycles. The van der Waals surface area contributed by atoms with E-state index in [0.717, 1.165) is 5.69 Å².